The molecule has 48 heavy (non-hydrogen) atoms. The van der Waals surface area contributed by atoms with Crippen LogP contribution < -0.4 is 10.2 Å². The van der Waals surface area contributed by atoms with E-state index in [1.54, 1.807) is 36.4 Å². The molecule has 0 radical (unpaired) electrons. The first kappa shape index (κ1) is 46.0. The van der Waals surface area contributed by atoms with Crippen molar-refractivity contribution < 1.29 is 19.2 Å². The third-order valence-electron chi connectivity index (χ3n) is 9.95. The van der Waals surface area contributed by atoms with E-state index < -0.39 is 0 Å². The SMILES string of the molecule is CCCC[N+](CCCC)(CCCC)CCCC.CCCC[N+](CCCC)(CCCC)CCCC.[O-]c1ccccc1-c1ccccc1[O-]. The number of rotatable bonds is 25. The Morgan fingerprint density at radius 2 is 0.521 bits per heavy atom. The standard InChI is InChI=1S/2C16H36N.C12H10O2/c2*1-5-9-13-17(14-10-6-2,15-11-7-3)16-12-8-4;13-11-7-3-1-5-9(11)10-6-2-4-8-12(10)14/h2*5-16H2,1-4H3;1-8,13-14H/q2*+1;/p-2. The molecule has 2 aromatic carbocycles. The van der Waals surface area contributed by atoms with E-state index >= 15 is 0 Å². The Balaban J connectivity index is 0.000000693. The maximum Gasteiger partial charge on any atom is 0.0786 e. The zero-order chi connectivity index (χ0) is 35.9. The molecule has 4 heteroatoms. The van der Waals surface area contributed by atoms with Gasteiger partial charge in [0.1, 0.15) is 0 Å². The van der Waals surface area contributed by atoms with Gasteiger partial charge >= 0.3 is 0 Å². The van der Waals surface area contributed by atoms with E-state index in [-0.39, 0.29) is 11.5 Å². The van der Waals surface area contributed by atoms with Crippen molar-refractivity contribution >= 4 is 0 Å². The molecule has 0 N–H and O–H groups in total. The highest BCUT2D eigenvalue weighted by atomic mass is 16.3. The van der Waals surface area contributed by atoms with E-state index in [9.17, 15) is 10.2 Å². The molecule has 0 saturated heterocycles. The minimum atomic E-state index is -0.115. The van der Waals surface area contributed by atoms with Crippen LogP contribution in [0, 0.1) is 0 Å². The Morgan fingerprint density at radius 3 is 0.688 bits per heavy atom. The topological polar surface area (TPSA) is 46.1 Å². The quantitative estimate of drug-likeness (QED) is 0.0989. The lowest BCUT2D eigenvalue weighted by Gasteiger charge is -2.39. The molecule has 0 atom stereocenters. The number of benzene rings is 2. The van der Waals surface area contributed by atoms with Crippen molar-refractivity contribution in [2.75, 3.05) is 52.4 Å². The number of nitrogens with zero attached hydrogens (tertiary/aromatic N) is 2. The zero-order valence-corrected chi connectivity index (χ0v) is 33.3. The molecule has 0 heterocycles. The first-order chi connectivity index (χ1) is 23.3. The van der Waals surface area contributed by atoms with E-state index in [1.807, 2.05) is 0 Å². The van der Waals surface area contributed by atoms with E-state index in [0.29, 0.717) is 11.1 Å². The maximum absolute atomic E-state index is 11.4. The van der Waals surface area contributed by atoms with Crippen LogP contribution in [0.1, 0.15) is 158 Å². The number of hydrogen-bond donors (Lipinski definition) is 0. The summed E-state index contributed by atoms with van der Waals surface area (Å²) < 4.78 is 2.84. The van der Waals surface area contributed by atoms with Crippen LogP contribution in [0.15, 0.2) is 48.5 Å². The minimum absolute atomic E-state index is 0.115. The van der Waals surface area contributed by atoms with Gasteiger partial charge < -0.3 is 19.2 Å². The summed E-state index contributed by atoms with van der Waals surface area (Å²) in [7, 11) is 0. The molecular formula is C44H80N2O2. The van der Waals surface area contributed by atoms with Crippen LogP contribution in [-0.4, -0.2) is 61.3 Å². The lowest BCUT2D eigenvalue weighted by atomic mass is 10.0. The second-order valence-corrected chi connectivity index (χ2v) is 14.3. The molecular weight excluding hydrogens is 588 g/mol. The van der Waals surface area contributed by atoms with Gasteiger partial charge in [0.2, 0.25) is 0 Å². The molecule has 0 aliphatic heterocycles. The fraction of sp³-hybridized carbons (Fsp3) is 0.727. The van der Waals surface area contributed by atoms with Gasteiger partial charge in [0.05, 0.1) is 52.4 Å². The molecule has 0 aliphatic rings. The van der Waals surface area contributed by atoms with Gasteiger partial charge in [-0.3, -0.25) is 0 Å². The largest absolute Gasteiger partial charge is 0.872 e. The predicted molar refractivity (Wildman–Crippen MR) is 209 cm³/mol. The molecule has 0 bridgehead atoms. The number of para-hydroxylation sites is 2. The second kappa shape index (κ2) is 29.8. The Kier molecular flexibility index (Phi) is 28.6. The van der Waals surface area contributed by atoms with Gasteiger partial charge in [-0.15, -0.1) is 11.5 Å². The Hall–Kier alpha value is -2.04. The summed E-state index contributed by atoms with van der Waals surface area (Å²) in [6.45, 7) is 30.0. The van der Waals surface area contributed by atoms with Gasteiger partial charge in [0.15, 0.2) is 0 Å². The van der Waals surface area contributed by atoms with Crippen molar-refractivity contribution in [1.29, 1.82) is 0 Å². The average Bonchev–Trinajstić information content (AvgIpc) is 3.11. The fourth-order valence-electron chi connectivity index (χ4n) is 6.67. The van der Waals surface area contributed by atoms with Gasteiger partial charge in [-0.1, -0.05) is 155 Å². The highest BCUT2D eigenvalue weighted by Crippen LogP contribution is 2.31. The van der Waals surface area contributed by atoms with Gasteiger partial charge in [-0.25, -0.2) is 0 Å². The molecule has 0 fully saturated rings. The normalized spacial score (nSPS) is 11.4. The third kappa shape index (κ3) is 19.8. The minimum Gasteiger partial charge on any atom is -0.872 e. The van der Waals surface area contributed by atoms with Crippen LogP contribution in [0.3, 0.4) is 0 Å². The highest BCUT2D eigenvalue weighted by molar-refractivity contribution is 5.74. The van der Waals surface area contributed by atoms with E-state index in [0.717, 1.165) is 0 Å². The van der Waals surface area contributed by atoms with Crippen LogP contribution in [0.4, 0.5) is 0 Å². The molecule has 0 aliphatic carbocycles. The summed E-state index contributed by atoms with van der Waals surface area (Å²) in [5.74, 6) is -0.230. The zero-order valence-electron chi connectivity index (χ0n) is 33.3. The summed E-state index contributed by atoms with van der Waals surface area (Å²) >= 11 is 0. The smallest absolute Gasteiger partial charge is 0.0786 e. The maximum atomic E-state index is 11.4. The number of unbranched alkanes of at least 4 members (excludes halogenated alkanes) is 8. The Labute approximate surface area is 300 Å². The van der Waals surface area contributed by atoms with Gasteiger partial charge in [0.25, 0.3) is 0 Å². The summed E-state index contributed by atoms with van der Waals surface area (Å²) in [5, 5.41) is 22.9. The molecule has 0 saturated carbocycles. The first-order valence-corrected chi connectivity index (χ1v) is 20.5. The summed E-state index contributed by atoms with van der Waals surface area (Å²) in [6.07, 6.45) is 22.1. The fourth-order valence-corrected chi connectivity index (χ4v) is 6.67. The lowest BCUT2D eigenvalue weighted by molar-refractivity contribution is -0.929. The summed E-state index contributed by atoms with van der Waals surface area (Å²) in [4.78, 5) is 0. The average molecular weight is 669 g/mol. The summed E-state index contributed by atoms with van der Waals surface area (Å²) in [6, 6.07) is 13.1. The molecule has 2 aromatic rings. The number of quaternary nitrogens is 2. The molecule has 0 aromatic heterocycles. The van der Waals surface area contributed by atoms with E-state index in [1.165, 1.54) is 176 Å². The molecule has 0 unspecified atom stereocenters. The van der Waals surface area contributed by atoms with Crippen LogP contribution in [0.25, 0.3) is 11.1 Å². The second-order valence-electron chi connectivity index (χ2n) is 14.3. The van der Waals surface area contributed by atoms with Crippen molar-refractivity contribution in [1.82, 2.24) is 0 Å². The summed E-state index contributed by atoms with van der Waals surface area (Å²) in [5.41, 5.74) is 0.941. The van der Waals surface area contributed by atoms with Gasteiger partial charge in [0, 0.05) is 0 Å². The Bertz CT molecular complexity index is 837. The molecule has 278 valence electrons. The molecule has 2 rings (SSSR count). The predicted octanol–water partition coefficient (Wildman–Crippen LogP) is 11.5. The van der Waals surface area contributed by atoms with Crippen molar-refractivity contribution in [3.05, 3.63) is 48.5 Å². The Morgan fingerprint density at radius 1 is 0.333 bits per heavy atom. The van der Waals surface area contributed by atoms with Gasteiger partial charge in [-0.2, -0.15) is 0 Å². The van der Waals surface area contributed by atoms with Crippen LogP contribution in [0.5, 0.6) is 11.5 Å². The monoisotopic (exact) mass is 669 g/mol. The molecule has 0 spiro atoms. The van der Waals surface area contributed by atoms with E-state index in [4.69, 9.17) is 0 Å². The molecule has 0 amide bonds. The third-order valence-corrected chi connectivity index (χ3v) is 9.95. The lowest BCUT2D eigenvalue weighted by Crippen LogP contribution is -2.50. The number of hydrogen-bond acceptors (Lipinski definition) is 2. The van der Waals surface area contributed by atoms with Crippen molar-refractivity contribution in [3.8, 4) is 22.6 Å². The van der Waals surface area contributed by atoms with Crippen LogP contribution in [0.2, 0.25) is 0 Å². The first-order valence-electron chi connectivity index (χ1n) is 20.5. The van der Waals surface area contributed by atoms with Crippen LogP contribution in [-0.2, 0) is 0 Å². The van der Waals surface area contributed by atoms with Crippen molar-refractivity contribution in [3.63, 3.8) is 0 Å². The van der Waals surface area contributed by atoms with Crippen molar-refractivity contribution in [2.45, 2.75) is 158 Å². The van der Waals surface area contributed by atoms with Gasteiger partial charge in [-0.05, 0) is 62.5 Å². The highest BCUT2D eigenvalue weighted by Gasteiger charge is 2.25. The van der Waals surface area contributed by atoms with Crippen molar-refractivity contribution in [2.24, 2.45) is 0 Å². The molecule has 4 nitrogen and oxygen atoms in total. The van der Waals surface area contributed by atoms with E-state index in [2.05, 4.69) is 55.4 Å². The van der Waals surface area contributed by atoms with Crippen LogP contribution >= 0.6 is 0 Å².